The highest BCUT2D eigenvalue weighted by Gasteiger charge is 2.77. The molecule has 6 rings (SSSR count). The molecule has 2 aliphatic carbocycles. The Bertz CT molecular complexity index is 1820. The van der Waals surface area contributed by atoms with Crippen molar-refractivity contribution < 1.29 is 46.9 Å². The molecular formula is C30H25BrCl3F3N4O7. The number of imide groups is 2. The normalized spacial score (nSPS) is 29.8. The number of ether oxygens (including phenoxy) is 2. The fraction of sp³-hybridized carbons (Fsp3) is 0.433. The van der Waals surface area contributed by atoms with E-state index in [4.69, 9.17) is 44.3 Å². The monoisotopic (exact) mass is 794 g/mol. The molecule has 3 fully saturated rings. The summed E-state index contributed by atoms with van der Waals surface area (Å²) in [5, 5.41) is 12.6. The molecule has 6 unspecified atom stereocenters. The van der Waals surface area contributed by atoms with Crippen molar-refractivity contribution in [1.82, 2.24) is 14.9 Å². The zero-order chi connectivity index (χ0) is 35.2. The van der Waals surface area contributed by atoms with Gasteiger partial charge in [0, 0.05) is 30.7 Å². The van der Waals surface area contributed by atoms with Gasteiger partial charge in [0.15, 0.2) is 15.6 Å². The molecule has 0 spiro atoms. The van der Waals surface area contributed by atoms with E-state index in [-0.39, 0.29) is 40.4 Å². The summed E-state index contributed by atoms with van der Waals surface area (Å²) in [5.74, 6) is -8.53. The number of carbonyl (C=O) groups excluding carboxylic acids is 4. The lowest BCUT2D eigenvalue weighted by molar-refractivity contribution is -0.142. The average molecular weight is 797 g/mol. The van der Waals surface area contributed by atoms with Crippen molar-refractivity contribution in [2.45, 2.75) is 34.7 Å². The van der Waals surface area contributed by atoms with Gasteiger partial charge in [-0.15, -0.1) is 23.2 Å². The Hall–Kier alpha value is -3.27. The summed E-state index contributed by atoms with van der Waals surface area (Å²) in [4.78, 5) is 56.1. The second-order valence-corrected chi connectivity index (χ2v) is 13.9. The van der Waals surface area contributed by atoms with Gasteiger partial charge in [-0.3, -0.25) is 29.1 Å². The molecule has 1 N–H and O–H groups in total. The van der Waals surface area contributed by atoms with Crippen molar-refractivity contribution in [1.29, 1.82) is 0 Å². The molecule has 48 heavy (non-hydrogen) atoms. The Balaban J connectivity index is 1.50. The van der Waals surface area contributed by atoms with E-state index in [9.17, 15) is 37.5 Å². The van der Waals surface area contributed by atoms with E-state index < -0.39 is 80.5 Å². The van der Waals surface area contributed by atoms with Crippen molar-refractivity contribution in [3.8, 4) is 17.2 Å². The molecule has 1 aromatic carbocycles. The second kappa shape index (κ2) is 11.7. The number of aromatic nitrogens is 1. The summed E-state index contributed by atoms with van der Waals surface area (Å²) in [5.41, 5.74) is -1.21. The number of halogens is 7. The summed E-state index contributed by atoms with van der Waals surface area (Å²) in [7, 11) is 3.85. The van der Waals surface area contributed by atoms with E-state index in [1.54, 1.807) is 6.08 Å². The van der Waals surface area contributed by atoms with Gasteiger partial charge in [-0.1, -0.05) is 39.2 Å². The van der Waals surface area contributed by atoms with Gasteiger partial charge in [0.05, 0.1) is 36.5 Å². The number of allylic oxidation sites excluding steroid dienone is 2. The number of likely N-dealkylation sites (tertiary alicyclic amines) is 1. The number of rotatable bonds is 6. The number of fused-ring (bicyclic) bond motifs is 4. The maximum absolute atomic E-state index is 14.3. The van der Waals surface area contributed by atoms with Crippen LogP contribution in [0.15, 0.2) is 35.9 Å². The number of benzene rings is 1. The predicted molar refractivity (Wildman–Crippen MR) is 169 cm³/mol. The van der Waals surface area contributed by atoms with Gasteiger partial charge in [-0.2, -0.15) is 18.2 Å². The minimum atomic E-state index is -4.84. The lowest BCUT2D eigenvalue weighted by Gasteiger charge is -2.50. The summed E-state index contributed by atoms with van der Waals surface area (Å²) in [6.07, 6.45) is -3.64. The van der Waals surface area contributed by atoms with Gasteiger partial charge in [0.25, 0.3) is 23.6 Å². The fourth-order valence-corrected chi connectivity index (χ4v) is 9.06. The SMILES string of the molecule is COc1cc(O)c(C2C3=CCC4C(=O)N(N(C)c5nc(C(F)(F)F)ccc5Cl)C(=O)C4C3CC3(Cl)C(=O)N(CBr)C(=O)C23Cl)c(OC)c1. The molecule has 256 valence electrons. The van der Waals surface area contributed by atoms with E-state index in [0.717, 1.165) is 16.0 Å². The third kappa shape index (κ3) is 4.63. The first-order chi connectivity index (χ1) is 22.5. The highest BCUT2D eigenvalue weighted by atomic mass is 79.9. The summed E-state index contributed by atoms with van der Waals surface area (Å²) < 4.78 is 51.4. The number of pyridine rings is 1. The number of alkyl halides is 6. The van der Waals surface area contributed by atoms with Crippen LogP contribution in [0.4, 0.5) is 19.0 Å². The Morgan fingerprint density at radius 1 is 1.08 bits per heavy atom. The number of carbonyl (C=O) groups is 4. The minimum absolute atomic E-state index is 0.00371. The van der Waals surface area contributed by atoms with Gasteiger partial charge < -0.3 is 14.6 Å². The van der Waals surface area contributed by atoms with Crippen LogP contribution in [0.2, 0.25) is 5.02 Å². The average Bonchev–Trinajstić information content (AvgIpc) is 3.37. The standard InChI is InChI=1S/C30H25BrCl3F3N4O7/c1-39(23-16(32)6-7-19(38-23)30(35,36)37)41-24(43)14-5-4-13-15(20(14)25(41)44)10-28(33)26(45)40(11-31)27(46)29(28,34)22(13)21-17(42)8-12(47-2)9-18(21)48-3/h4,6-9,14-15,20,22,42H,5,10-11H2,1-3H3. The van der Waals surface area contributed by atoms with Crippen LogP contribution in [-0.4, -0.2) is 80.1 Å². The number of aromatic hydroxyl groups is 1. The number of hydrogen-bond acceptors (Lipinski definition) is 9. The van der Waals surface area contributed by atoms with Crippen LogP contribution < -0.4 is 14.5 Å². The number of hydrogen-bond donors (Lipinski definition) is 1. The highest BCUT2D eigenvalue weighted by molar-refractivity contribution is 9.09. The lowest BCUT2D eigenvalue weighted by atomic mass is 9.56. The van der Waals surface area contributed by atoms with Crippen molar-refractivity contribution in [3.63, 3.8) is 0 Å². The molecule has 0 bridgehead atoms. The summed E-state index contributed by atoms with van der Waals surface area (Å²) in [6, 6.07) is 4.33. The first kappa shape index (κ1) is 34.6. The molecule has 18 heteroatoms. The number of anilines is 1. The van der Waals surface area contributed by atoms with Crippen LogP contribution in [0.25, 0.3) is 0 Å². The highest BCUT2D eigenvalue weighted by Crippen LogP contribution is 2.67. The molecule has 11 nitrogen and oxygen atoms in total. The van der Waals surface area contributed by atoms with Crippen LogP contribution in [0.3, 0.4) is 0 Å². The number of nitrogens with zero attached hydrogens (tertiary/aromatic N) is 4. The van der Waals surface area contributed by atoms with Gasteiger partial charge in [-0.05, 0) is 30.9 Å². The first-order valence-electron chi connectivity index (χ1n) is 14.3. The largest absolute Gasteiger partial charge is 0.507 e. The molecule has 1 saturated carbocycles. The first-order valence-corrected chi connectivity index (χ1v) is 16.5. The lowest BCUT2D eigenvalue weighted by Crippen LogP contribution is -2.60. The van der Waals surface area contributed by atoms with Crippen LogP contribution in [0.5, 0.6) is 17.2 Å². The van der Waals surface area contributed by atoms with Gasteiger partial charge >= 0.3 is 6.18 Å². The van der Waals surface area contributed by atoms with Crippen LogP contribution in [0, 0.1) is 17.8 Å². The topological polar surface area (TPSA) is 130 Å². The number of methoxy groups -OCH3 is 2. The minimum Gasteiger partial charge on any atom is -0.507 e. The molecule has 2 aromatic rings. The third-order valence-corrected chi connectivity index (χ3v) is 11.8. The van der Waals surface area contributed by atoms with Gasteiger partial charge in [0.2, 0.25) is 0 Å². The fourth-order valence-electron chi connectivity index (χ4n) is 7.42. The van der Waals surface area contributed by atoms with Crippen LogP contribution in [-0.2, 0) is 25.4 Å². The number of phenolic OH excluding ortho intramolecular Hbond substituents is 1. The maximum atomic E-state index is 14.3. The van der Waals surface area contributed by atoms with E-state index in [2.05, 4.69) is 20.9 Å². The molecule has 4 aliphatic rings. The van der Waals surface area contributed by atoms with E-state index in [1.807, 2.05) is 0 Å². The van der Waals surface area contributed by atoms with Crippen molar-refractivity contribution in [3.05, 3.63) is 52.2 Å². The molecule has 3 heterocycles. The molecule has 0 radical (unpaired) electrons. The third-order valence-electron chi connectivity index (χ3n) is 9.55. The number of phenols is 1. The van der Waals surface area contributed by atoms with Crippen LogP contribution >= 0.6 is 50.7 Å². The smallest absolute Gasteiger partial charge is 0.433 e. The van der Waals surface area contributed by atoms with Gasteiger partial charge in [0.1, 0.15) is 22.9 Å². The Morgan fingerprint density at radius 2 is 1.77 bits per heavy atom. The Morgan fingerprint density at radius 3 is 2.38 bits per heavy atom. The molecule has 2 saturated heterocycles. The molecule has 6 atom stereocenters. The van der Waals surface area contributed by atoms with Crippen molar-refractivity contribution >= 4 is 80.2 Å². The Labute approximate surface area is 294 Å². The second-order valence-electron chi connectivity index (χ2n) is 11.8. The number of hydrazine groups is 1. The summed E-state index contributed by atoms with van der Waals surface area (Å²) in [6.45, 7) is 0. The summed E-state index contributed by atoms with van der Waals surface area (Å²) >= 11 is 23.8. The zero-order valence-corrected chi connectivity index (χ0v) is 29.0. The van der Waals surface area contributed by atoms with E-state index in [1.165, 1.54) is 33.4 Å². The van der Waals surface area contributed by atoms with Crippen molar-refractivity contribution in [2.75, 3.05) is 31.7 Å². The molecular weight excluding hydrogens is 772 g/mol. The van der Waals surface area contributed by atoms with E-state index in [0.29, 0.717) is 16.6 Å². The maximum Gasteiger partial charge on any atom is 0.433 e. The molecule has 1 aromatic heterocycles. The van der Waals surface area contributed by atoms with E-state index >= 15 is 0 Å². The Kier molecular flexibility index (Phi) is 8.41. The van der Waals surface area contributed by atoms with Crippen molar-refractivity contribution in [2.24, 2.45) is 17.8 Å². The zero-order valence-electron chi connectivity index (χ0n) is 25.1. The quantitative estimate of drug-likeness (QED) is 0.181. The predicted octanol–water partition coefficient (Wildman–Crippen LogP) is 5.24. The molecule has 2 aliphatic heterocycles. The number of amides is 4. The molecule has 4 amide bonds. The van der Waals surface area contributed by atoms with Crippen LogP contribution in [0.1, 0.15) is 30.0 Å². The van der Waals surface area contributed by atoms with Gasteiger partial charge in [-0.25, -0.2) is 4.98 Å².